The average molecular weight is 453 g/mol. The monoisotopic (exact) mass is 453 g/mol. The summed E-state index contributed by atoms with van der Waals surface area (Å²) in [7, 11) is 1.27. The molecule has 2 aromatic rings. The van der Waals surface area contributed by atoms with Crippen LogP contribution in [-0.2, 0) is 23.9 Å². The summed E-state index contributed by atoms with van der Waals surface area (Å²) >= 11 is 0. The highest BCUT2D eigenvalue weighted by Gasteiger charge is 2.36. The number of hydrogen-bond acceptors (Lipinski definition) is 7. The summed E-state index contributed by atoms with van der Waals surface area (Å²) < 4.78 is 9.62. The first-order chi connectivity index (χ1) is 15.8. The summed E-state index contributed by atoms with van der Waals surface area (Å²) in [6, 6.07) is 12.8. The van der Waals surface area contributed by atoms with Crippen molar-refractivity contribution in [1.82, 2.24) is 10.4 Å². The number of aryl methyl sites for hydroxylation is 1. The molecule has 172 valence electrons. The van der Waals surface area contributed by atoms with Crippen molar-refractivity contribution in [3.05, 3.63) is 65.2 Å². The molecular weight excluding hydrogens is 430 g/mol. The van der Waals surface area contributed by atoms with Gasteiger partial charge in [-0.1, -0.05) is 17.7 Å². The van der Waals surface area contributed by atoms with E-state index in [9.17, 15) is 24.0 Å². The highest BCUT2D eigenvalue weighted by atomic mass is 16.5. The number of methoxy groups -OCH3 is 1. The van der Waals surface area contributed by atoms with Crippen LogP contribution in [0.3, 0.4) is 0 Å². The maximum absolute atomic E-state index is 12.3. The van der Waals surface area contributed by atoms with Gasteiger partial charge in [0, 0.05) is 17.7 Å². The summed E-state index contributed by atoms with van der Waals surface area (Å²) in [5.74, 6) is -3.49. The lowest BCUT2D eigenvalue weighted by molar-refractivity contribution is -0.151. The van der Waals surface area contributed by atoms with Crippen molar-refractivity contribution < 1.29 is 33.4 Å². The van der Waals surface area contributed by atoms with Crippen molar-refractivity contribution in [3.8, 4) is 0 Å². The van der Waals surface area contributed by atoms with E-state index in [1.807, 2.05) is 6.92 Å². The lowest BCUT2D eigenvalue weighted by Crippen LogP contribution is -2.43. The van der Waals surface area contributed by atoms with Gasteiger partial charge in [-0.3, -0.25) is 29.6 Å². The Hall–Kier alpha value is -4.21. The van der Waals surface area contributed by atoms with E-state index in [1.54, 1.807) is 24.3 Å². The highest BCUT2D eigenvalue weighted by Crippen LogP contribution is 2.18. The van der Waals surface area contributed by atoms with Gasteiger partial charge in [0.15, 0.2) is 6.61 Å². The predicted molar refractivity (Wildman–Crippen MR) is 116 cm³/mol. The van der Waals surface area contributed by atoms with E-state index in [1.165, 1.54) is 31.4 Å². The number of amides is 3. The normalized spacial score (nSPS) is 15.0. The molecule has 1 atom stereocenters. The van der Waals surface area contributed by atoms with Gasteiger partial charge in [0.25, 0.3) is 11.8 Å². The molecule has 1 fully saturated rings. The van der Waals surface area contributed by atoms with Gasteiger partial charge in [-0.25, -0.2) is 4.79 Å². The van der Waals surface area contributed by atoms with Crippen molar-refractivity contribution in [2.24, 2.45) is 5.92 Å². The first kappa shape index (κ1) is 23.5. The Kier molecular flexibility index (Phi) is 7.39. The molecule has 3 rings (SSSR count). The van der Waals surface area contributed by atoms with Gasteiger partial charge in [0.1, 0.15) is 0 Å². The topological polar surface area (TPSA) is 131 Å². The van der Waals surface area contributed by atoms with Crippen LogP contribution >= 0.6 is 0 Å². The van der Waals surface area contributed by atoms with Crippen LogP contribution in [-0.4, -0.2) is 54.9 Å². The van der Waals surface area contributed by atoms with E-state index in [0.717, 1.165) is 10.6 Å². The molecule has 1 aliphatic heterocycles. The van der Waals surface area contributed by atoms with Gasteiger partial charge in [0.05, 0.1) is 25.1 Å². The Labute approximate surface area is 189 Å². The summed E-state index contributed by atoms with van der Waals surface area (Å²) in [6.45, 7) is 1.30. The maximum atomic E-state index is 12.3. The van der Waals surface area contributed by atoms with Crippen LogP contribution in [0.1, 0.15) is 32.7 Å². The standard InChI is InChI=1S/C23H23N3O7/c1-14-3-5-15(6-4-14)21(29)25-26-12-17(11-20(26)28)23(31)33-13-19(27)24-18-9-7-16(8-10-18)22(30)32-2/h3-10,17H,11-13H2,1-2H3,(H,24,27)(H,25,29)/t17-/m0/s1. The van der Waals surface area contributed by atoms with Crippen molar-refractivity contribution in [1.29, 1.82) is 0 Å². The predicted octanol–water partition coefficient (Wildman–Crippen LogP) is 1.46. The van der Waals surface area contributed by atoms with E-state index in [-0.39, 0.29) is 13.0 Å². The zero-order valence-corrected chi connectivity index (χ0v) is 18.1. The van der Waals surface area contributed by atoms with Crippen molar-refractivity contribution >= 4 is 35.3 Å². The van der Waals surface area contributed by atoms with Gasteiger partial charge in [0.2, 0.25) is 5.91 Å². The van der Waals surface area contributed by atoms with Crippen molar-refractivity contribution in [3.63, 3.8) is 0 Å². The van der Waals surface area contributed by atoms with Crippen LogP contribution in [0.25, 0.3) is 0 Å². The molecule has 3 amide bonds. The fourth-order valence-electron chi connectivity index (χ4n) is 3.12. The molecule has 1 heterocycles. The molecule has 0 spiro atoms. The van der Waals surface area contributed by atoms with Crippen LogP contribution in [0, 0.1) is 12.8 Å². The van der Waals surface area contributed by atoms with Crippen LogP contribution in [0.2, 0.25) is 0 Å². The number of esters is 2. The number of nitrogens with one attached hydrogen (secondary N) is 2. The molecular formula is C23H23N3O7. The second-order valence-corrected chi connectivity index (χ2v) is 7.44. The summed E-state index contributed by atoms with van der Waals surface area (Å²) in [6.07, 6.45) is -0.135. The fourth-order valence-corrected chi connectivity index (χ4v) is 3.12. The van der Waals surface area contributed by atoms with Crippen LogP contribution in [0.15, 0.2) is 48.5 Å². The lowest BCUT2D eigenvalue weighted by atomic mass is 10.1. The average Bonchev–Trinajstić information content (AvgIpc) is 3.18. The van der Waals surface area contributed by atoms with Gasteiger partial charge in [-0.05, 0) is 43.3 Å². The number of hydrazine groups is 1. The maximum Gasteiger partial charge on any atom is 0.337 e. The lowest BCUT2D eigenvalue weighted by Gasteiger charge is -2.17. The van der Waals surface area contributed by atoms with E-state index >= 15 is 0 Å². The largest absolute Gasteiger partial charge is 0.465 e. The van der Waals surface area contributed by atoms with Crippen molar-refractivity contribution in [2.75, 3.05) is 25.6 Å². The molecule has 0 radical (unpaired) electrons. The minimum absolute atomic E-state index is 0.0497. The number of rotatable bonds is 7. The third kappa shape index (κ3) is 6.16. The molecule has 0 bridgehead atoms. The molecule has 0 aromatic heterocycles. The molecule has 2 N–H and O–H groups in total. The molecule has 0 aliphatic carbocycles. The Morgan fingerprint density at radius 3 is 2.27 bits per heavy atom. The minimum Gasteiger partial charge on any atom is -0.465 e. The molecule has 1 aliphatic rings. The zero-order chi connectivity index (χ0) is 24.0. The van der Waals surface area contributed by atoms with Crippen molar-refractivity contribution in [2.45, 2.75) is 13.3 Å². The minimum atomic E-state index is -0.803. The van der Waals surface area contributed by atoms with Gasteiger partial charge < -0.3 is 14.8 Å². The quantitative estimate of drug-likeness (QED) is 0.607. The van der Waals surface area contributed by atoms with E-state index < -0.39 is 42.2 Å². The molecule has 10 nitrogen and oxygen atoms in total. The zero-order valence-electron chi connectivity index (χ0n) is 18.1. The summed E-state index contributed by atoms with van der Waals surface area (Å²) in [5.41, 5.74) is 4.60. The Balaban J connectivity index is 1.46. The molecule has 0 unspecified atom stereocenters. The van der Waals surface area contributed by atoms with E-state index in [0.29, 0.717) is 16.8 Å². The molecule has 2 aromatic carbocycles. The van der Waals surface area contributed by atoms with Gasteiger partial charge in [-0.15, -0.1) is 0 Å². The van der Waals surface area contributed by atoms with Crippen LogP contribution in [0.4, 0.5) is 5.69 Å². The highest BCUT2D eigenvalue weighted by molar-refractivity contribution is 5.97. The van der Waals surface area contributed by atoms with Crippen LogP contribution < -0.4 is 10.7 Å². The Morgan fingerprint density at radius 2 is 1.64 bits per heavy atom. The number of carbonyl (C=O) groups excluding carboxylic acids is 5. The molecule has 0 saturated carbocycles. The van der Waals surface area contributed by atoms with Gasteiger partial charge in [-0.2, -0.15) is 0 Å². The number of benzene rings is 2. The number of anilines is 1. The Bertz CT molecular complexity index is 1060. The van der Waals surface area contributed by atoms with E-state index in [2.05, 4.69) is 15.5 Å². The molecule has 10 heteroatoms. The Morgan fingerprint density at radius 1 is 1.00 bits per heavy atom. The van der Waals surface area contributed by atoms with Crippen LogP contribution in [0.5, 0.6) is 0 Å². The van der Waals surface area contributed by atoms with Gasteiger partial charge >= 0.3 is 11.9 Å². The van der Waals surface area contributed by atoms with E-state index in [4.69, 9.17) is 4.74 Å². The number of carbonyl (C=O) groups is 5. The second kappa shape index (κ2) is 10.4. The number of nitrogens with zero attached hydrogens (tertiary/aromatic N) is 1. The SMILES string of the molecule is COC(=O)c1ccc(NC(=O)COC(=O)[C@H]2CC(=O)N(NC(=O)c3ccc(C)cc3)C2)cc1. The first-order valence-electron chi connectivity index (χ1n) is 10.1. The summed E-state index contributed by atoms with van der Waals surface area (Å²) in [4.78, 5) is 60.2. The third-order valence-corrected chi connectivity index (χ3v) is 4.94. The third-order valence-electron chi connectivity index (χ3n) is 4.94. The fraction of sp³-hybridized carbons (Fsp3) is 0.261. The first-order valence-corrected chi connectivity index (χ1v) is 10.1. The molecule has 1 saturated heterocycles. The second-order valence-electron chi connectivity index (χ2n) is 7.44. The summed E-state index contributed by atoms with van der Waals surface area (Å²) in [5, 5.41) is 3.62. The molecule has 33 heavy (non-hydrogen) atoms. The number of hydrogen-bond donors (Lipinski definition) is 2. The smallest absolute Gasteiger partial charge is 0.337 e. The number of ether oxygens (including phenoxy) is 2.